The molecule has 21 heavy (non-hydrogen) atoms. The van der Waals surface area contributed by atoms with E-state index in [1.54, 1.807) is 11.6 Å². The largest absolute Gasteiger partial charge is 0.385 e. The molecule has 0 saturated heterocycles. The van der Waals surface area contributed by atoms with Gasteiger partial charge in [-0.3, -0.25) is 0 Å². The van der Waals surface area contributed by atoms with Gasteiger partial charge in [-0.15, -0.1) is 0 Å². The lowest BCUT2D eigenvalue weighted by molar-refractivity contribution is 0.0540. The second-order valence-electron chi connectivity index (χ2n) is 5.10. The molecule has 0 bridgehead atoms. The Kier molecular flexibility index (Phi) is 4.86. The molecule has 1 atom stereocenters. The fraction of sp³-hybridized carbons (Fsp3) is 0.429. The molecule has 0 radical (unpaired) electrons. The van der Waals surface area contributed by atoms with Crippen LogP contribution in [0.25, 0.3) is 0 Å². The lowest BCUT2D eigenvalue weighted by Crippen LogP contribution is -2.27. The Morgan fingerprint density at radius 2 is 2.05 bits per heavy atom. The smallest absolute Gasteiger partial charge is 0.142 e. The topological polar surface area (TPSA) is 50.9 Å². The highest BCUT2D eigenvalue weighted by atomic mass is 35.5. The zero-order valence-electron chi connectivity index (χ0n) is 11.8. The fourth-order valence-electron chi connectivity index (χ4n) is 2.16. The van der Waals surface area contributed by atoms with E-state index in [-0.39, 0.29) is 22.0 Å². The Bertz CT molecular complexity index is 643. The van der Waals surface area contributed by atoms with E-state index >= 15 is 0 Å². The van der Waals surface area contributed by atoms with Crippen molar-refractivity contribution in [2.24, 2.45) is 0 Å². The van der Waals surface area contributed by atoms with E-state index in [0.29, 0.717) is 12.4 Å². The van der Waals surface area contributed by atoms with E-state index in [0.717, 1.165) is 12.5 Å². The quantitative estimate of drug-likeness (QED) is 0.852. The summed E-state index contributed by atoms with van der Waals surface area (Å²) in [4.78, 5) is 4.14. The summed E-state index contributed by atoms with van der Waals surface area (Å²) in [5.74, 6) is -0.000332. The molecule has 1 aromatic heterocycles. The summed E-state index contributed by atoms with van der Waals surface area (Å²) in [5, 5.41) is 14.9. The first-order valence-electron chi connectivity index (χ1n) is 6.59. The molecule has 1 aromatic carbocycles. The van der Waals surface area contributed by atoms with Crippen molar-refractivity contribution in [3.05, 3.63) is 45.7 Å². The van der Waals surface area contributed by atoms with Crippen LogP contribution in [0, 0.1) is 5.82 Å². The average Bonchev–Trinajstić information content (AvgIpc) is 2.81. The first-order chi connectivity index (χ1) is 9.85. The molecule has 1 unspecified atom stereocenters. The van der Waals surface area contributed by atoms with Crippen molar-refractivity contribution in [1.29, 1.82) is 0 Å². The maximum Gasteiger partial charge on any atom is 0.142 e. The van der Waals surface area contributed by atoms with Gasteiger partial charge in [0, 0.05) is 23.6 Å². The van der Waals surface area contributed by atoms with Crippen molar-refractivity contribution in [3.8, 4) is 0 Å². The van der Waals surface area contributed by atoms with Gasteiger partial charge in [0.25, 0.3) is 0 Å². The van der Waals surface area contributed by atoms with E-state index in [2.05, 4.69) is 10.1 Å². The van der Waals surface area contributed by atoms with Crippen molar-refractivity contribution in [2.45, 2.75) is 38.8 Å². The zero-order chi connectivity index (χ0) is 15.6. The van der Waals surface area contributed by atoms with E-state index in [9.17, 15) is 9.50 Å². The number of halogens is 3. The molecule has 114 valence electrons. The van der Waals surface area contributed by atoms with Gasteiger partial charge in [0.15, 0.2) is 0 Å². The van der Waals surface area contributed by atoms with Crippen molar-refractivity contribution < 1.29 is 9.50 Å². The molecule has 0 spiro atoms. The Hall–Kier alpha value is -1.17. The molecule has 4 nitrogen and oxygen atoms in total. The van der Waals surface area contributed by atoms with Crippen LogP contribution in [0.1, 0.15) is 31.7 Å². The molecule has 0 amide bonds. The highest BCUT2D eigenvalue weighted by Crippen LogP contribution is 2.34. The van der Waals surface area contributed by atoms with Crippen molar-refractivity contribution in [2.75, 3.05) is 0 Å². The third-order valence-electron chi connectivity index (χ3n) is 3.22. The Balaban J connectivity index is 2.33. The first kappa shape index (κ1) is 16.2. The number of rotatable bonds is 5. The summed E-state index contributed by atoms with van der Waals surface area (Å²) in [7, 11) is 0. The van der Waals surface area contributed by atoms with Gasteiger partial charge >= 0.3 is 0 Å². The SMILES string of the molecule is CCCn1ncnc1CC(C)(O)c1cc(F)c(Cl)cc1Cl. The lowest BCUT2D eigenvalue weighted by Gasteiger charge is -2.25. The predicted octanol–water partition coefficient (Wildman–Crippen LogP) is 3.58. The molecule has 2 aromatic rings. The van der Waals surface area contributed by atoms with Crippen molar-refractivity contribution >= 4 is 23.2 Å². The first-order valence-corrected chi connectivity index (χ1v) is 7.35. The second-order valence-corrected chi connectivity index (χ2v) is 5.91. The third-order valence-corrected chi connectivity index (χ3v) is 3.83. The van der Waals surface area contributed by atoms with E-state index in [1.165, 1.54) is 12.4 Å². The molecular weight excluding hydrogens is 316 g/mol. The van der Waals surface area contributed by atoms with Gasteiger partial charge in [0.1, 0.15) is 18.0 Å². The molecule has 0 fully saturated rings. The number of hydrogen-bond donors (Lipinski definition) is 1. The summed E-state index contributed by atoms with van der Waals surface area (Å²) in [6, 6.07) is 2.45. The summed E-state index contributed by atoms with van der Waals surface area (Å²) in [5.41, 5.74) is -1.10. The monoisotopic (exact) mass is 331 g/mol. The number of aliphatic hydroxyl groups is 1. The highest BCUT2D eigenvalue weighted by molar-refractivity contribution is 6.35. The normalized spacial score (nSPS) is 14.2. The number of benzene rings is 1. The summed E-state index contributed by atoms with van der Waals surface area (Å²) >= 11 is 11.8. The molecular formula is C14H16Cl2FN3O. The minimum absolute atomic E-state index is 0.0753. The maximum atomic E-state index is 13.6. The molecule has 1 N–H and O–H groups in total. The number of aromatic nitrogens is 3. The Morgan fingerprint density at radius 1 is 1.33 bits per heavy atom. The van der Waals surface area contributed by atoms with Crippen molar-refractivity contribution in [1.82, 2.24) is 14.8 Å². The summed E-state index contributed by atoms with van der Waals surface area (Å²) < 4.78 is 15.4. The maximum absolute atomic E-state index is 13.6. The minimum Gasteiger partial charge on any atom is -0.385 e. The molecule has 0 saturated carbocycles. The summed E-state index contributed by atoms with van der Waals surface area (Å²) in [6.07, 6.45) is 2.51. The van der Waals surface area contributed by atoms with Gasteiger partial charge in [0.05, 0.1) is 10.6 Å². The average molecular weight is 332 g/mol. The minimum atomic E-state index is -1.37. The summed E-state index contributed by atoms with van der Waals surface area (Å²) in [6.45, 7) is 4.29. The van der Waals surface area contributed by atoms with E-state index < -0.39 is 11.4 Å². The number of aryl methyl sites for hydroxylation is 1. The van der Waals surface area contributed by atoms with Crippen LogP contribution in [0.5, 0.6) is 0 Å². The van der Waals surface area contributed by atoms with Gasteiger partial charge in [-0.2, -0.15) is 5.10 Å². The van der Waals surface area contributed by atoms with Crippen LogP contribution in [-0.2, 0) is 18.6 Å². The lowest BCUT2D eigenvalue weighted by atomic mass is 9.92. The molecule has 0 aliphatic heterocycles. The molecule has 0 aliphatic carbocycles. The van der Waals surface area contributed by atoms with Gasteiger partial charge in [-0.25, -0.2) is 14.1 Å². The molecule has 1 heterocycles. The third kappa shape index (κ3) is 3.54. The van der Waals surface area contributed by atoms with Crippen LogP contribution in [0.15, 0.2) is 18.5 Å². The second kappa shape index (κ2) is 6.30. The predicted molar refractivity (Wildman–Crippen MR) is 80.0 cm³/mol. The number of hydrogen-bond acceptors (Lipinski definition) is 3. The van der Waals surface area contributed by atoms with Gasteiger partial charge in [-0.05, 0) is 25.5 Å². The van der Waals surface area contributed by atoms with Crippen LogP contribution < -0.4 is 0 Å². The van der Waals surface area contributed by atoms with E-state index in [4.69, 9.17) is 23.2 Å². The van der Waals surface area contributed by atoms with Gasteiger partial charge in [-0.1, -0.05) is 30.1 Å². The van der Waals surface area contributed by atoms with Crippen LogP contribution in [0.2, 0.25) is 10.0 Å². The highest BCUT2D eigenvalue weighted by Gasteiger charge is 2.29. The number of nitrogens with zero attached hydrogens (tertiary/aromatic N) is 3. The zero-order valence-corrected chi connectivity index (χ0v) is 13.3. The van der Waals surface area contributed by atoms with Crippen LogP contribution in [0.3, 0.4) is 0 Å². The fourth-order valence-corrected chi connectivity index (χ4v) is 2.75. The Labute approximate surface area is 132 Å². The molecule has 7 heteroatoms. The van der Waals surface area contributed by atoms with Gasteiger partial charge < -0.3 is 5.11 Å². The standard InChI is InChI=1S/C14H16Cl2FN3O/c1-3-4-20-13(18-8-19-20)7-14(2,21)9-5-12(17)11(16)6-10(9)15/h5-6,8,21H,3-4,7H2,1-2H3. The van der Waals surface area contributed by atoms with Crippen LogP contribution in [-0.4, -0.2) is 19.9 Å². The van der Waals surface area contributed by atoms with E-state index in [1.807, 2.05) is 6.92 Å². The van der Waals surface area contributed by atoms with Crippen LogP contribution >= 0.6 is 23.2 Å². The molecule has 0 aliphatic rings. The Morgan fingerprint density at radius 3 is 2.71 bits per heavy atom. The van der Waals surface area contributed by atoms with Gasteiger partial charge in [0.2, 0.25) is 0 Å². The van der Waals surface area contributed by atoms with Crippen molar-refractivity contribution in [3.63, 3.8) is 0 Å². The van der Waals surface area contributed by atoms with Crippen LogP contribution in [0.4, 0.5) is 4.39 Å². The molecule has 2 rings (SSSR count).